The van der Waals surface area contributed by atoms with Crippen LogP contribution in [-0.4, -0.2) is 30.8 Å². The molecule has 0 spiro atoms. The minimum Gasteiger partial charge on any atom is -0.465 e. The number of ether oxygens (including phenoxy) is 1. The summed E-state index contributed by atoms with van der Waals surface area (Å²) >= 11 is 3.42. The van der Waals surface area contributed by atoms with Gasteiger partial charge in [-0.25, -0.2) is 0 Å². The van der Waals surface area contributed by atoms with E-state index in [-0.39, 0.29) is 12.5 Å². The molecule has 1 aromatic heterocycles. The van der Waals surface area contributed by atoms with Gasteiger partial charge in [-0.1, -0.05) is 0 Å². The number of esters is 1. The van der Waals surface area contributed by atoms with Gasteiger partial charge < -0.3 is 10.1 Å². The van der Waals surface area contributed by atoms with Crippen LogP contribution in [0.3, 0.4) is 0 Å². The SMILES string of the molecule is CCOC(=O)CNC(=O)c1cc2c(s1)CCSC2. The summed E-state index contributed by atoms with van der Waals surface area (Å²) in [5.41, 5.74) is 1.26. The van der Waals surface area contributed by atoms with Crippen LogP contribution >= 0.6 is 23.1 Å². The number of hydrogen-bond acceptors (Lipinski definition) is 5. The van der Waals surface area contributed by atoms with Crippen LogP contribution in [0, 0.1) is 0 Å². The molecule has 2 rings (SSSR count). The van der Waals surface area contributed by atoms with Gasteiger partial charge in [0.2, 0.25) is 0 Å². The number of carbonyl (C=O) groups excluding carboxylic acids is 2. The summed E-state index contributed by atoms with van der Waals surface area (Å²) in [6, 6.07) is 1.94. The van der Waals surface area contributed by atoms with Gasteiger partial charge in [0.15, 0.2) is 0 Å². The van der Waals surface area contributed by atoms with E-state index in [2.05, 4.69) is 5.32 Å². The lowest BCUT2D eigenvalue weighted by Crippen LogP contribution is -2.30. The number of hydrogen-bond donors (Lipinski definition) is 1. The van der Waals surface area contributed by atoms with E-state index in [1.165, 1.54) is 21.8 Å². The molecule has 0 saturated carbocycles. The molecule has 4 nitrogen and oxygen atoms in total. The zero-order valence-electron chi connectivity index (χ0n) is 10.2. The van der Waals surface area contributed by atoms with E-state index in [1.54, 1.807) is 6.92 Å². The van der Waals surface area contributed by atoms with Crippen molar-refractivity contribution in [3.05, 3.63) is 21.4 Å². The van der Waals surface area contributed by atoms with Crippen molar-refractivity contribution < 1.29 is 14.3 Å². The Balaban J connectivity index is 1.92. The summed E-state index contributed by atoms with van der Waals surface area (Å²) < 4.78 is 4.76. The zero-order valence-corrected chi connectivity index (χ0v) is 11.8. The Kier molecular flexibility index (Phi) is 4.66. The molecular weight excluding hydrogens is 270 g/mol. The van der Waals surface area contributed by atoms with Gasteiger partial charge in [-0.05, 0) is 30.7 Å². The number of fused-ring (bicyclic) bond motifs is 1. The number of thioether (sulfide) groups is 1. The predicted molar refractivity (Wildman–Crippen MR) is 73.2 cm³/mol. The van der Waals surface area contributed by atoms with E-state index in [0.717, 1.165) is 17.9 Å². The third-order valence-corrected chi connectivity index (χ3v) is 4.79. The molecule has 0 bridgehead atoms. The molecule has 2 heterocycles. The van der Waals surface area contributed by atoms with Crippen LogP contribution in [0.4, 0.5) is 0 Å². The minimum atomic E-state index is -0.400. The van der Waals surface area contributed by atoms with Gasteiger partial charge in [-0.2, -0.15) is 11.8 Å². The Bertz CT molecular complexity index is 433. The molecule has 0 atom stereocenters. The third kappa shape index (κ3) is 3.26. The molecular formula is C12H15NO3S2. The fraction of sp³-hybridized carbons (Fsp3) is 0.500. The molecule has 0 aromatic carbocycles. The van der Waals surface area contributed by atoms with Crippen LogP contribution in [0.15, 0.2) is 6.07 Å². The van der Waals surface area contributed by atoms with Crippen molar-refractivity contribution >= 4 is 35.0 Å². The molecule has 0 fully saturated rings. The van der Waals surface area contributed by atoms with Gasteiger partial charge in [0.25, 0.3) is 5.91 Å². The fourth-order valence-electron chi connectivity index (χ4n) is 1.71. The average molecular weight is 285 g/mol. The van der Waals surface area contributed by atoms with Crippen LogP contribution in [-0.2, 0) is 21.7 Å². The van der Waals surface area contributed by atoms with Crippen molar-refractivity contribution in [1.29, 1.82) is 0 Å². The van der Waals surface area contributed by atoms with E-state index in [1.807, 2.05) is 17.8 Å². The van der Waals surface area contributed by atoms with Crippen molar-refractivity contribution in [1.82, 2.24) is 5.32 Å². The summed E-state index contributed by atoms with van der Waals surface area (Å²) in [4.78, 5) is 25.0. The number of thiophene rings is 1. The molecule has 0 unspecified atom stereocenters. The Morgan fingerprint density at radius 2 is 2.33 bits per heavy atom. The summed E-state index contributed by atoms with van der Waals surface area (Å²) in [5.74, 6) is 1.52. The highest BCUT2D eigenvalue weighted by Crippen LogP contribution is 2.31. The maximum atomic E-state index is 11.9. The van der Waals surface area contributed by atoms with Gasteiger partial charge in [0.05, 0.1) is 11.5 Å². The number of rotatable bonds is 4. The summed E-state index contributed by atoms with van der Waals surface area (Å²) in [6.45, 7) is 2.01. The third-order valence-electron chi connectivity index (χ3n) is 2.55. The molecule has 1 aliphatic rings. The first-order chi connectivity index (χ1) is 8.70. The molecule has 1 N–H and O–H groups in total. The molecule has 0 aliphatic carbocycles. The lowest BCUT2D eigenvalue weighted by atomic mass is 10.2. The molecule has 0 saturated heterocycles. The van der Waals surface area contributed by atoms with E-state index < -0.39 is 5.97 Å². The number of amides is 1. The topological polar surface area (TPSA) is 55.4 Å². The molecule has 1 aromatic rings. The van der Waals surface area contributed by atoms with Gasteiger partial charge in [-0.3, -0.25) is 9.59 Å². The van der Waals surface area contributed by atoms with Crippen molar-refractivity contribution in [3.8, 4) is 0 Å². The fourth-order valence-corrected chi connectivity index (χ4v) is 4.00. The van der Waals surface area contributed by atoms with Crippen molar-refractivity contribution in [2.45, 2.75) is 19.1 Å². The maximum Gasteiger partial charge on any atom is 0.325 e. The Morgan fingerprint density at radius 1 is 1.50 bits per heavy atom. The highest BCUT2D eigenvalue weighted by molar-refractivity contribution is 7.98. The second-order valence-electron chi connectivity index (χ2n) is 3.85. The molecule has 1 amide bonds. The van der Waals surface area contributed by atoms with Crippen LogP contribution in [0.2, 0.25) is 0 Å². The number of nitrogens with one attached hydrogen (secondary N) is 1. The lowest BCUT2D eigenvalue weighted by molar-refractivity contribution is -0.141. The first-order valence-electron chi connectivity index (χ1n) is 5.84. The first-order valence-corrected chi connectivity index (χ1v) is 7.81. The van der Waals surface area contributed by atoms with E-state index in [9.17, 15) is 9.59 Å². The predicted octanol–water partition coefficient (Wildman–Crippen LogP) is 1.83. The van der Waals surface area contributed by atoms with Gasteiger partial charge in [-0.15, -0.1) is 11.3 Å². The van der Waals surface area contributed by atoms with Crippen LogP contribution in [0.5, 0.6) is 0 Å². The highest BCUT2D eigenvalue weighted by atomic mass is 32.2. The second kappa shape index (κ2) is 6.24. The monoisotopic (exact) mass is 285 g/mol. The molecule has 0 radical (unpaired) electrons. The van der Waals surface area contributed by atoms with E-state index in [0.29, 0.717) is 11.5 Å². The first kappa shape index (κ1) is 13.4. The summed E-state index contributed by atoms with van der Waals surface area (Å²) in [5, 5.41) is 2.58. The standard InChI is InChI=1S/C12H15NO3S2/c1-2-16-11(14)6-13-12(15)10-5-8-7-17-4-3-9(8)18-10/h5H,2-4,6-7H2,1H3,(H,13,15). The van der Waals surface area contributed by atoms with E-state index in [4.69, 9.17) is 4.74 Å². The average Bonchev–Trinajstić information content (AvgIpc) is 2.80. The zero-order chi connectivity index (χ0) is 13.0. The maximum absolute atomic E-state index is 11.9. The van der Waals surface area contributed by atoms with Crippen molar-refractivity contribution in [2.24, 2.45) is 0 Å². The second-order valence-corrected chi connectivity index (χ2v) is 6.09. The Labute approximate surface area is 114 Å². The normalized spacial score (nSPS) is 13.8. The van der Waals surface area contributed by atoms with Crippen molar-refractivity contribution in [2.75, 3.05) is 18.9 Å². The Morgan fingerprint density at radius 3 is 3.06 bits per heavy atom. The minimum absolute atomic E-state index is 0.0655. The summed E-state index contributed by atoms with van der Waals surface area (Å²) in [7, 11) is 0. The number of aryl methyl sites for hydroxylation is 1. The molecule has 1 aliphatic heterocycles. The Hall–Kier alpha value is -1.01. The van der Waals surface area contributed by atoms with Crippen LogP contribution < -0.4 is 5.32 Å². The summed E-state index contributed by atoms with van der Waals surface area (Å²) in [6.07, 6.45) is 1.04. The van der Waals surface area contributed by atoms with Gasteiger partial charge >= 0.3 is 5.97 Å². The quantitative estimate of drug-likeness (QED) is 0.858. The van der Waals surface area contributed by atoms with Gasteiger partial charge in [0.1, 0.15) is 6.54 Å². The van der Waals surface area contributed by atoms with Crippen LogP contribution in [0.1, 0.15) is 27.0 Å². The number of carbonyl (C=O) groups is 2. The van der Waals surface area contributed by atoms with Crippen molar-refractivity contribution in [3.63, 3.8) is 0 Å². The van der Waals surface area contributed by atoms with Crippen LogP contribution in [0.25, 0.3) is 0 Å². The smallest absolute Gasteiger partial charge is 0.325 e. The largest absolute Gasteiger partial charge is 0.465 e. The molecule has 98 valence electrons. The molecule has 18 heavy (non-hydrogen) atoms. The highest BCUT2D eigenvalue weighted by Gasteiger charge is 2.17. The van der Waals surface area contributed by atoms with E-state index >= 15 is 0 Å². The molecule has 6 heteroatoms. The lowest BCUT2D eigenvalue weighted by Gasteiger charge is -2.08. The van der Waals surface area contributed by atoms with Gasteiger partial charge in [0, 0.05) is 10.6 Å².